The standard InChI is InChI=1S/C29H22N2/c1-29(2)26-16-21(19-7-9-20(10-8-19)23-6-3-13-30-18-23)11-12-24(26)25-15-22-5-4-14-31-28(22)17-27(25)29/h3-18H,1-2H3. The molecule has 1 aliphatic rings. The van der Waals surface area contributed by atoms with Gasteiger partial charge in [-0.3, -0.25) is 9.97 Å². The van der Waals surface area contributed by atoms with Gasteiger partial charge in [0, 0.05) is 29.4 Å². The van der Waals surface area contributed by atoms with Crippen LogP contribution in [0.1, 0.15) is 25.0 Å². The molecule has 0 aliphatic heterocycles. The third-order valence-corrected chi connectivity index (χ3v) is 6.61. The number of nitrogens with zero attached hydrogens (tertiary/aromatic N) is 2. The minimum absolute atomic E-state index is 0.0535. The number of rotatable bonds is 2. The van der Waals surface area contributed by atoms with Crippen LogP contribution in [0.4, 0.5) is 0 Å². The van der Waals surface area contributed by atoms with Crippen molar-refractivity contribution >= 4 is 10.9 Å². The van der Waals surface area contributed by atoms with Gasteiger partial charge in [-0.25, -0.2) is 0 Å². The summed E-state index contributed by atoms with van der Waals surface area (Å²) >= 11 is 0. The number of fused-ring (bicyclic) bond motifs is 4. The lowest BCUT2D eigenvalue weighted by atomic mass is 9.81. The first-order valence-corrected chi connectivity index (χ1v) is 10.7. The molecule has 1 aliphatic carbocycles. The summed E-state index contributed by atoms with van der Waals surface area (Å²) in [5.41, 5.74) is 11.2. The molecule has 0 amide bonds. The van der Waals surface area contributed by atoms with Gasteiger partial charge in [-0.1, -0.05) is 62.4 Å². The smallest absolute Gasteiger partial charge is 0.0705 e. The third-order valence-electron chi connectivity index (χ3n) is 6.61. The highest BCUT2D eigenvalue weighted by Crippen LogP contribution is 2.50. The number of aromatic nitrogens is 2. The molecule has 2 nitrogen and oxygen atoms in total. The average Bonchev–Trinajstić information content (AvgIpc) is 3.04. The van der Waals surface area contributed by atoms with Gasteiger partial charge in [0.25, 0.3) is 0 Å². The molecule has 0 atom stereocenters. The Balaban J connectivity index is 1.44. The van der Waals surface area contributed by atoms with E-state index in [0.29, 0.717) is 0 Å². The Kier molecular flexibility index (Phi) is 3.85. The summed E-state index contributed by atoms with van der Waals surface area (Å²) < 4.78 is 0. The zero-order valence-electron chi connectivity index (χ0n) is 17.6. The molecule has 0 fully saturated rings. The fraction of sp³-hybridized carbons (Fsp3) is 0.103. The quantitative estimate of drug-likeness (QED) is 0.312. The molecule has 0 saturated heterocycles. The van der Waals surface area contributed by atoms with Gasteiger partial charge in [0.1, 0.15) is 0 Å². The monoisotopic (exact) mass is 398 g/mol. The van der Waals surface area contributed by atoms with E-state index in [1.807, 2.05) is 24.5 Å². The van der Waals surface area contributed by atoms with Crippen LogP contribution in [0.3, 0.4) is 0 Å². The van der Waals surface area contributed by atoms with E-state index in [4.69, 9.17) is 0 Å². The van der Waals surface area contributed by atoms with Crippen molar-refractivity contribution in [2.24, 2.45) is 0 Å². The zero-order valence-corrected chi connectivity index (χ0v) is 17.6. The molecule has 0 bridgehead atoms. The van der Waals surface area contributed by atoms with Crippen LogP contribution in [0, 0.1) is 0 Å². The van der Waals surface area contributed by atoms with Gasteiger partial charge in [-0.15, -0.1) is 0 Å². The van der Waals surface area contributed by atoms with Crippen molar-refractivity contribution in [1.82, 2.24) is 9.97 Å². The summed E-state index contributed by atoms with van der Waals surface area (Å²) in [7, 11) is 0. The number of hydrogen-bond donors (Lipinski definition) is 0. The normalized spacial score (nSPS) is 13.7. The van der Waals surface area contributed by atoms with Gasteiger partial charge >= 0.3 is 0 Å². The summed E-state index contributed by atoms with van der Waals surface area (Å²) in [6.45, 7) is 4.64. The predicted molar refractivity (Wildman–Crippen MR) is 128 cm³/mol. The lowest BCUT2D eigenvalue weighted by Gasteiger charge is -2.22. The molecule has 0 radical (unpaired) electrons. The molecule has 2 heteroatoms. The number of benzene rings is 3. The van der Waals surface area contributed by atoms with Gasteiger partial charge in [0.15, 0.2) is 0 Å². The molecule has 148 valence electrons. The van der Waals surface area contributed by atoms with Crippen LogP contribution >= 0.6 is 0 Å². The second kappa shape index (κ2) is 6.61. The van der Waals surface area contributed by atoms with E-state index in [1.165, 1.54) is 44.3 Å². The van der Waals surface area contributed by atoms with E-state index in [1.54, 1.807) is 6.20 Å². The van der Waals surface area contributed by atoms with Gasteiger partial charge in [-0.05, 0) is 74.8 Å². The van der Waals surface area contributed by atoms with Crippen LogP contribution in [0.5, 0.6) is 0 Å². The second-order valence-corrected chi connectivity index (χ2v) is 8.80. The topological polar surface area (TPSA) is 25.8 Å². The van der Waals surface area contributed by atoms with E-state index in [0.717, 1.165) is 11.1 Å². The van der Waals surface area contributed by atoms with Crippen LogP contribution < -0.4 is 0 Å². The largest absolute Gasteiger partial charge is 0.264 e. The van der Waals surface area contributed by atoms with Gasteiger partial charge < -0.3 is 0 Å². The van der Waals surface area contributed by atoms with Gasteiger partial charge in [0.2, 0.25) is 0 Å². The Labute approximate surface area is 182 Å². The Morgan fingerprint density at radius 3 is 2.10 bits per heavy atom. The summed E-state index contributed by atoms with van der Waals surface area (Å²) in [5.74, 6) is 0. The molecule has 2 heterocycles. The Hall–Kier alpha value is -3.78. The summed E-state index contributed by atoms with van der Waals surface area (Å²) in [5, 5.41) is 1.19. The second-order valence-electron chi connectivity index (χ2n) is 8.80. The summed E-state index contributed by atoms with van der Waals surface area (Å²) in [6, 6.07) is 28.5. The molecule has 0 N–H and O–H groups in total. The maximum Gasteiger partial charge on any atom is 0.0705 e. The Morgan fingerprint density at radius 1 is 0.613 bits per heavy atom. The predicted octanol–water partition coefficient (Wildman–Crippen LogP) is 7.27. The van der Waals surface area contributed by atoms with Crippen molar-refractivity contribution < 1.29 is 0 Å². The highest BCUT2D eigenvalue weighted by Gasteiger charge is 2.36. The van der Waals surface area contributed by atoms with Crippen molar-refractivity contribution in [3.05, 3.63) is 109 Å². The molecule has 2 aromatic heterocycles. The summed E-state index contributed by atoms with van der Waals surface area (Å²) in [4.78, 5) is 8.81. The van der Waals surface area contributed by atoms with E-state index in [9.17, 15) is 0 Å². The SMILES string of the molecule is CC1(C)c2cc(-c3ccc(-c4cccnc4)cc3)ccc2-c2cc3cccnc3cc21. The van der Waals surface area contributed by atoms with E-state index in [2.05, 4.69) is 90.5 Å². The van der Waals surface area contributed by atoms with E-state index < -0.39 is 0 Å². The summed E-state index contributed by atoms with van der Waals surface area (Å²) in [6.07, 6.45) is 5.58. The lowest BCUT2D eigenvalue weighted by molar-refractivity contribution is 0.661. The maximum atomic E-state index is 4.58. The number of pyridine rings is 2. The molecule has 0 unspecified atom stereocenters. The first-order chi connectivity index (χ1) is 15.1. The molecule has 3 aromatic carbocycles. The van der Waals surface area contributed by atoms with Crippen molar-refractivity contribution in [2.45, 2.75) is 19.3 Å². The minimum Gasteiger partial charge on any atom is -0.264 e. The van der Waals surface area contributed by atoms with E-state index >= 15 is 0 Å². The minimum atomic E-state index is -0.0535. The first-order valence-electron chi connectivity index (χ1n) is 10.7. The first kappa shape index (κ1) is 18.0. The maximum absolute atomic E-state index is 4.58. The fourth-order valence-corrected chi connectivity index (χ4v) is 4.87. The van der Waals surface area contributed by atoms with Crippen LogP contribution in [-0.2, 0) is 5.41 Å². The molecule has 31 heavy (non-hydrogen) atoms. The molecular weight excluding hydrogens is 376 g/mol. The highest BCUT2D eigenvalue weighted by atomic mass is 14.6. The van der Waals surface area contributed by atoms with Crippen LogP contribution in [0.2, 0.25) is 0 Å². The van der Waals surface area contributed by atoms with Gasteiger partial charge in [-0.2, -0.15) is 0 Å². The third kappa shape index (κ3) is 2.79. The molecule has 0 saturated carbocycles. The van der Waals surface area contributed by atoms with Gasteiger partial charge in [0.05, 0.1) is 5.52 Å². The highest BCUT2D eigenvalue weighted by molar-refractivity contribution is 5.92. The van der Waals surface area contributed by atoms with Crippen LogP contribution in [0.25, 0.3) is 44.3 Å². The van der Waals surface area contributed by atoms with Crippen molar-refractivity contribution in [3.63, 3.8) is 0 Å². The van der Waals surface area contributed by atoms with Crippen molar-refractivity contribution in [3.8, 4) is 33.4 Å². The van der Waals surface area contributed by atoms with E-state index in [-0.39, 0.29) is 5.41 Å². The molecular formula is C29H22N2. The lowest BCUT2D eigenvalue weighted by Crippen LogP contribution is -2.15. The number of hydrogen-bond acceptors (Lipinski definition) is 2. The van der Waals surface area contributed by atoms with Crippen LogP contribution in [-0.4, -0.2) is 9.97 Å². The average molecular weight is 399 g/mol. The van der Waals surface area contributed by atoms with Crippen LogP contribution in [0.15, 0.2) is 97.5 Å². The Bertz CT molecular complexity index is 1430. The molecule has 0 spiro atoms. The van der Waals surface area contributed by atoms with Crippen molar-refractivity contribution in [1.29, 1.82) is 0 Å². The van der Waals surface area contributed by atoms with Crippen molar-refractivity contribution in [2.75, 3.05) is 0 Å². The fourth-order valence-electron chi connectivity index (χ4n) is 4.87. The molecule has 5 aromatic rings. The Morgan fingerprint density at radius 2 is 1.32 bits per heavy atom. The molecule has 6 rings (SSSR count). The zero-order chi connectivity index (χ0) is 21.0.